The third-order valence-corrected chi connectivity index (χ3v) is 8.40. The van der Waals surface area contributed by atoms with Crippen molar-refractivity contribution >= 4 is 60.5 Å². The summed E-state index contributed by atoms with van der Waals surface area (Å²) < 4.78 is 13.1. The van der Waals surface area contributed by atoms with E-state index >= 15 is 0 Å². The number of aromatic nitrogens is 8. The minimum Gasteiger partial charge on any atom is -0.365 e. The number of hydrogen-bond acceptors (Lipinski definition) is 11. The van der Waals surface area contributed by atoms with Gasteiger partial charge in [0, 0.05) is 31.3 Å². The van der Waals surface area contributed by atoms with Crippen molar-refractivity contribution in [3.05, 3.63) is 99.9 Å². The molecule has 1 N–H and O–H groups in total. The van der Waals surface area contributed by atoms with Gasteiger partial charge in [0.1, 0.15) is 37.8 Å². The number of fused-ring (bicyclic) bond motifs is 2. The summed E-state index contributed by atoms with van der Waals surface area (Å²) >= 11 is 9.29. The second kappa shape index (κ2) is 12.1. The van der Waals surface area contributed by atoms with E-state index < -0.39 is 0 Å². The third-order valence-electron chi connectivity index (χ3n) is 6.15. The molecule has 7 rings (SSSR count). The molecule has 0 saturated heterocycles. The Morgan fingerprint density at radius 2 is 1.31 bits per heavy atom. The lowest BCUT2D eigenvalue weighted by Crippen LogP contribution is -2.04. The molecule has 0 unspecified atom stereocenters. The third kappa shape index (κ3) is 5.91. The first-order chi connectivity index (χ1) is 20.5. The number of aryl methyl sites for hydroxylation is 2. The van der Waals surface area contributed by atoms with Crippen LogP contribution in [0.1, 0.15) is 16.7 Å². The van der Waals surface area contributed by atoms with E-state index in [4.69, 9.17) is 11.6 Å². The van der Waals surface area contributed by atoms with E-state index in [-0.39, 0.29) is 5.82 Å². The van der Waals surface area contributed by atoms with Gasteiger partial charge in [0.2, 0.25) is 0 Å². The number of rotatable bonds is 5. The Balaban J connectivity index is 0.000000162. The van der Waals surface area contributed by atoms with E-state index in [1.165, 1.54) is 12.1 Å². The molecule has 0 fully saturated rings. The maximum atomic E-state index is 13.1. The molecule has 13 heteroatoms. The molecule has 6 heterocycles. The molecule has 0 amide bonds. The zero-order chi connectivity index (χ0) is 29.1. The zero-order valence-electron chi connectivity index (χ0n) is 22.3. The van der Waals surface area contributed by atoms with Gasteiger partial charge in [0.05, 0.1) is 23.2 Å². The van der Waals surface area contributed by atoms with E-state index in [1.807, 2.05) is 19.2 Å². The van der Waals surface area contributed by atoms with Gasteiger partial charge in [-0.1, -0.05) is 23.7 Å². The van der Waals surface area contributed by atoms with Crippen LogP contribution in [0.15, 0.2) is 72.2 Å². The van der Waals surface area contributed by atoms with Crippen molar-refractivity contribution in [1.82, 2.24) is 39.9 Å². The molecule has 42 heavy (non-hydrogen) atoms. The van der Waals surface area contributed by atoms with Crippen LogP contribution >= 0.6 is 34.3 Å². The number of benzene rings is 1. The van der Waals surface area contributed by atoms with Crippen LogP contribution in [0.4, 0.5) is 10.2 Å². The molecule has 208 valence electrons. The summed E-state index contributed by atoms with van der Waals surface area (Å²) in [6, 6.07) is 6.41. The van der Waals surface area contributed by atoms with Crippen LogP contribution in [0.25, 0.3) is 43.5 Å². The van der Waals surface area contributed by atoms with E-state index in [9.17, 15) is 4.39 Å². The van der Waals surface area contributed by atoms with Crippen LogP contribution in [-0.2, 0) is 6.54 Å². The van der Waals surface area contributed by atoms with Crippen molar-refractivity contribution in [3.63, 3.8) is 0 Å². The number of hydrogen-bond donors (Lipinski definition) is 1. The monoisotopic (exact) mass is 613 g/mol. The quantitative estimate of drug-likeness (QED) is 0.199. The first-order valence-corrected chi connectivity index (χ1v) is 14.8. The first kappa shape index (κ1) is 27.6. The number of thiophene rings is 2. The van der Waals surface area contributed by atoms with Crippen LogP contribution in [-0.4, -0.2) is 39.9 Å². The fourth-order valence-corrected chi connectivity index (χ4v) is 6.31. The van der Waals surface area contributed by atoms with Crippen LogP contribution < -0.4 is 5.32 Å². The Hall–Kier alpha value is -4.52. The minimum atomic E-state index is -0.244. The lowest BCUT2D eigenvalue weighted by atomic mass is 10.2. The van der Waals surface area contributed by atoms with Gasteiger partial charge in [-0.15, -0.1) is 22.7 Å². The van der Waals surface area contributed by atoms with Crippen molar-refractivity contribution in [2.24, 2.45) is 0 Å². The maximum absolute atomic E-state index is 13.1. The summed E-state index contributed by atoms with van der Waals surface area (Å²) in [5.74, 6) is 1.54. The van der Waals surface area contributed by atoms with Gasteiger partial charge in [0.25, 0.3) is 0 Å². The van der Waals surface area contributed by atoms with Crippen molar-refractivity contribution in [2.45, 2.75) is 20.4 Å². The average Bonchev–Trinajstić information content (AvgIpc) is 3.60. The Morgan fingerprint density at radius 1 is 0.738 bits per heavy atom. The van der Waals surface area contributed by atoms with Crippen LogP contribution in [0.2, 0.25) is 5.15 Å². The second-order valence-corrected chi connectivity index (χ2v) is 11.2. The second-order valence-electron chi connectivity index (χ2n) is 9.09. The van der Waals surface area contributed by atoms with Gasteiger partial charge in [-0.25, -0.2) is 34.3 Å². The van der Waals surface area contributed by atoms with Crippen molar-refractivity contribution < 1.29 is 4.39 Å². The van der Waals surface area contributed by atoms with Gasteiger partial charge in [-0.05, 0) is 53.4 Å². The zero-order valence-corrected chi connectivity index (χ0v) is 24.7. The van der Waals surface area contributed by atoms with Gasteiger partial charge in [-0.2, -0.15) is 0 Å². The van der Waals surface area contributed by atoms with Crippen LogP contribution in [0.5, 0.6) is 0 Å². The van der Waals surface area contributed by atoms with Gasteiger partial charge < -0.3 is 5.32 Å². The first-order valence-electron chi connectivity index (χ1n) is 12.6. The Kier molecular flexibility index (Phi) is 8.00. The van der Waals surface area contributed by atoms with E-state index in [0.717, 1.165) is 42.9 Å². The van der Waals surface area contributed by atoms with Gasteiger partial charge in [-0.3, -0.25) is 9.97 Å². The van der Waals surface area contributed by atoms with Crippen molar-refractivity contribution in [3.8, 4) is 23.0 Å². The number of anilines is 1. The highest BCUT2D eigenvalue weighted by Gasteiger charge is 2.14. The summed E-state index contributed by atoms with van der Waals surface area (Å²) in [6.45, 7) is 4.57. The summed E-state index contributed by atoms with van der Waals surface area (Å²) in [6.07, 6.45) is 9.72. The molecule has 0 bridgehead atoms. The maximum Gasteiger partial charge on any atom is 0.183 e. The Labute approximate surface area is 252 Å². The van der Waals surface area contributed by atoms with Gasteiger partial charge in [0.15, 0.2) is 11.6 Å². The fourth-order valence-electron chi connectivity index (χ4n) is 4.09. The molecule has 9 nitrogen and oxygen atoms in total. The minimum absolute atomic E-state index is 0.244. The van der Waals surface area contributed by atoms with E-state index in [1.54, 1.807) is 72.0 Å². The molecule has 0 aliphatic carbocycles. The average molecular weight is 614 g/mol. The predicted octanol–water partition coefficient (Wildman–Crippen LogP) is 7.32. The van der Waals surface area contributed by atoms with Crippen LogP contribution in [0, 0.1) is 19.7 Å². The molecule has 6 aromatic heterocycles. The van der Waals surface area contributed by atoms with Crippen molar-refractivity contribution in [1.29, 1.82) is 0 Å². The summed E-state index contributed by atoms with van der Waals surface area (Å²) in [4.78, 5) is 36.3. The summed E-state index contributed by atoms with van der Waals surface area (Å²) in [5.41, 5.74) is 4.44. The standard InChI is InChI=1S/C18H14FN5S.C11H7ClN4S/c1-11-10-25-18-15(11)17(22-8-12-2-4-13(19)5-3-12)23-16(24-18)14-9-20-6-7-21-14;1-6-5-17-11-8(6)9(12)15-10(16-11)7-4-13-2-3-14-7/h2-7,9-10H,8H2,1H3,(H,22,23,24);2-5H,1H3. The summed E-state index contributed by atoms with van der Waals surface area (Å²) in [7, 11) is 0. The largest absolute Gasteiger partial charge is 0.365 e. The number of nitrogens with zero attached hydrogens (tertiary/aromatic N) is 8. The Morgan fingerprint density at radius 3 is 1.90 bits per heavy atom. The van der Waals surface area contributed by atoms with Crippen LogP contribution in [0.3, 0.4) is 0 Å². The number of halogens is 2. The van der Waals surface area contributed by atoms with E-state index in [2.05, 4.69) is 50.6 Å². The fraction of sp³-hybridized carbons (Fsp3) is 0.103. The molecule has 0 saturated carbocycles. The lowest BCUT2D eigenvalue weighted by molar-refractivity contribution is 0.627. The Bertz CT molecular complexity index is 1980. The molecule has 0 aliphatic heterocycles. The topological polar surface area (TPSA) is 115 Å². The molecule has 0 radical (unpaired) electrons. The molecular formula is C29H21ClFN9S2. The highest BCUT2D eigenvalue weighted by atomic mass is 35.5. The summed E-state index contributed by atoms with van der Waals surface area (Å²) in [5, 5.41) is 9.81. The lowest BCUT2D eigenvalue weighted by Gasteiger charge is -2.09. The highest BCUT2D eigenvalue weighted by molar-refractivity contribution is 7.17. The molecule has 0 spiro atoms. The highest BCUT2D eigenvalue weighted by Crippen LogP contribution is 2.32. The number of nitrogens with one attached hydrogen (secondary N) is 1. The molecule has 0 atom stereocenters. The molecule has 0 aliphatic rings. The normalized spacial score (nSPS) is 11.0. The van der Waals surface area contributed by atoms with Crippen molar-refractivity contribution in [2.75, 3.05) is 5.32 Å². The van der Waals surface area contributed by atoms with Gasteiger partial charge >= 0.3 is 0 Å². The molecular weight excluding hydrogens is 593 g/mol. The smallest absolute Gasteiger partial charge is 0.183 e. The predicted molar refractivity (Wildman–Crippen MR) is 165 cm³/mol. The SMILES string of the molecule is Cc1csc2nc(-c3cnccn3)nc(Cl)c12.Cc1csc2nc(-c3cnccn3)nc(NCc3ccc(F)cc3)c12. The molecule has 1 aromatic carbocycles. The molecule has 7 aromatic rings. The van der Waals surface area contributed by atoms with E-state index in [0.29, 0.717) is 34.7 Å².